The minimum atomic E-state index is -0.184. The summed E-state index contributed by atoms with van der Waals surface area (Å²) < 4.78 is 0. The van der Waals surface area contributed by atoms with Gasteiger partial charge in [0.15, 0.2) is 0 Å². The topological polar surface area (TPSA) is 95.7 Å². The van der Waals surface area contributed by atoms with Crippen molar-refractivity contribution in [2.45, 2.75) is 25.3 Å². The number of hydrogen-bond acceptors (Lipinski definition) is 4. The van der Waals surface area contributed by atoms with Crippen molar-refractivity contribution in [1.29, 1.82) is 0 Å². The first-order chi connectivity index (χ1) is 10.5. The van der Waals surface area contributed by atoms with Crippen LogP contribution in [0.1, 0.15) is 29.6 Å². The van der Waals surface area contributed by atoms with E-state index < -0.39 is 0 Å². The predicted molar refractivity (Wildman–Crippen MR) is 82.2 cm³/mol. The van der Waals surface area contributed by atoms with E-state index in [1.54, 1.807) is 11.9 Å². The van der Waals surface area contributed by atoms with Crippen molar-refractivity contribution in [2.24, 2.45) is 11.8 Å². The van der Waals surface area contributed by atoms with Crippen LogP contribution in [0.25, 0.3) is 0 Å². The molecule has 0 unspecified atom stereocenters. The monoisotopic (exact) mass is 303 g/mol. The van der Waals surface area contributed by atoms with E-state index in [0.29, 0.717) is 36.1 Å². The molecule has 2 fully saturated rings. The van der Waals surface area contributed by atoms with Gasteiger partial charge in [0.2, 0.25) is 5.91 Å². The number of nitrogen functional groups attached to an aromatic ring is 1. The van der Waals surface area contributed by atoms with E-state index in [9.17, 15) is 14.7 Å². The van der Waals surface area contributed by atoms with Crippen LogP contribution in [0.2, 0.25) is 0 Å². The van der Waals surface area contributed by atoms with Crippen LogP contribution < -0.4 is 11.1 Å². The summed E-state index contributed by atoms with van der Waals surface area (Å²) in [5, 5.41) is 12.5. The summed E-state index contributed by atoms with van der Waals surface area (Å²) in [6.07, 6.45) is 2.29. The van der Waals surface area contributed by atoms with Crippen LogP contribution in [0.3, 0.4) is 0 Å². The number of rotatable bonds is 2. The van der Waals surface area contributed by atoms with Gasteiger partial charge in [0, 0.05) is 31.7 Å². The van der Waals surface area contributed by atoms with Crippen LogP contribution in [0.4, 0.5) is 5.69 Å². The number of anilines is 1. The molecular formula is C16H21N3O3. The number of phenols is 1. The van der Waals surface area contributed by atoms with Gasteiger partial charge in [-0.2, -0.15) is 0 Å². The quantitative estimate of drug-likeness (QED) is 0.560. The van der Waals surface area contributed by atoms with Crippen LogP contribution in [0, 0.1) is 11.8 Å². The largest absolute Gasteiger partial charge is 0.508 e. The number of nitrogens with two attached hydrogens (primary N) is 1. The molecule has 0 radical (unpaired) electrons. The van der Waals surface area contributed by atoms with Gasteiger partial charge in [-0.3, -0.25) is 9.59 Å². The van der Waals surface area contributed by atoms with Crippen LogP contribution in [0.15, 0.2) is 18.2 Å². The zero-order valence-corrected chi connectivity index (χ0v) is 12.6. The van der Waals surface area contributed by atoms with Gasteiger partial charge < -0.3 is 21.1 Å². The first-order valence-electron chi connectivity index (χ1n) is 7.58. The maximum absolute atomic E-state index is 12.6. The van der Waals surface area contributed by atoms with E-state index >= 15 is 0 Å². The molecule has 2 amide bonds. The van der Waals surface area contributed by atoms with Crippen molar-refractivity contribution in [1.82, 2.24) is 10.2 Å². The molecule has 1 aromatic rings. The second-order valence-electron chi connectivity index (χ2n) is 6.34. The van der Waals surface area contributed by atoms with E-state index in [0.717, 1.165) is 12.8 Å². The molecule has 0 bridgehead atoms. The number of nitrogens with zero attached hydrogens (tertiary/aromatic N) is 1. The molecule has 1 saturated heterocycles. The standard InChI is InChI=1S/C16H21N3O3/c1-19(16(22)13-7-12(20)2-3-14(13)17)11-4-9-6-15(21)18-8-10(9)5-11/h2-3,7,9-11,20H,4-6,8,17H2,1H3,(H,18,21)/t9-,10+,11-/m1/s1. The number of nitrogens with one attached hydrogen (secondary N) is 1. The van der Waals surface area contributed by atoms with Crippen LogP contribution >= 0.6 is 0 Å². The highest BCUT2D eigenvalue weighted by molar-refractivity contribution is 5.99. The highest BCUT2D eigenvalue weighted by Gasteiger charge is 2.40. The maximum Gasteiger partial charge on any atom is 0.256 e. The van der Waals surface area contributed by atoms with E-state index in [1.807, 2.05) is 0 Å². The Bertz CT molecular complexity index is 617. The average Bonchev–Trinajstić information content (AvgIpc) is 2.91. The second-order valence-corrected chi connectivity index (χ2v) is 6.34. The molecule has 22 heavy (non-hydrogen) atoms. The number of carbonyl (C=O) groups excluding carboxylic acids is 2. The number of amides is 2. The normalized spacial score (nSPS) is 27.1. The summed E-state index contributed by atoms with van der Waals surface area (Å²) in [7, 11) is 1.77. The highest BCUT2D eigenvalue weighted by atomic mass is 16.3. The van der Waals surface area contributed by atoms with Gasteiger partial charge in [-0.1, -0.05) is 0 Å². The van der Waals surface area contributed by atoms with Crippen molar-refractivity contribution in [3.8, 4) is 5.75 Å². The molecule has 1 aliphatic heterocycles. The van der Waals surface area contributed by atoms with Crippen molar-refractivity contribution < 1.29 is 14.7 Å². The lowest BCUT2D eigenvalue weighted by molar-refractivity contribution is -0.124. The summed E-state index contributed by atoms with van der Waals surface area (Å²) in [6, 6.07) is 4.51. The summed E-state index contributed by atoms with van der Waals surface area (Å²) in [5.74, 6) is 0.750. The molecule has 2 aliphatic rings. The van der Waals surface area contributed by atoms with Crippen LogP contribution in [-0.2, 0) is 4.79 Å². The molecule has 1 aliphatic carbocycles. The van der Waals surface area contributed by atoms with Gasteiger partial charge in [0.05, 0.1) is 5.56 Å². The Labute approximate surface area is 129 Å². The molecule has 1 saturated carbocycles. The SMILES string of the molecule is CN(C(=O)c1cc(O)ccc1N)[C@H]1C[C@H]2CNC(=O)C[C@H]2C1. The van der Waals surface area contributed by atoms with Gasteiger partial charge in [-0.15, -0.1) is 0 Å². The summed E-state index contributed by atoms with van der Waals surface area (Å²) in [5.41, 5.74) is 6.54. The fourth-order valence-corrected chi connectivity index (χ4v) is 3.64. The number of benzene rings is 1. The Morgan fingerprint density at radius 3 is 2.86 bits per heavy atom. The van der Waals surface area contributed by atoms with Crippen LogP contribution in [-0.4, -0.2) is 41.5 Å². The maximum atomic E-state index is 12.6. The molecule has 3 rings (SSSR count). The van der Waals surface area contributed by atoms with Crippen LogP contribution in [0.5, 0.6) is 5.75 Å². The van der Waals surface area contributed by atoms with Gasteiger partial charge in [-0.05, 0) is 42.9 Å². The van der Waals surface area contributed by atoms with Crippen molar-refractivity contribution in [3.63, 3.8) is 0 Å². The third-order valence-corrected chi connectivity index (χ3v) is 4.96. The molecular weight excluding hydrogens is 282 g/mol. The zero-order chi connectivity index (χ0) is 15.9. The Balaban J connectivity index is 1.74. The van der Waals surface area contributed by atoms with Gasteiger partial charge in [-0.25, -0.2) is 0 Å². The summed E-state index contributed by atoms with van der Waals surface area (Å²) in [6.45, 7) is 0.705. The molecule has 0 aromatic heterocycles. The number of carbonyl (C=O) groups is 2. The third kappa shape index (κ3) is 2.61. The lowest BCUT2D eigenvalue weighted by atomic mass is 9.89. The molecule has 6 heteroatoms. The molecule has 6 nitrogen and oxygen atoms in total. The molecule has 0 spiro atoms. The molecule has 1 heterocycles. The third-order valence-electron chi connectivity index (χ3n) is 4.96. The predicted octanol–water partition coefficient (Wildman–Crippen LogP) is 0.961. The molecule has 1 aromatic carbocycles. The number of phenolic OH excluding ortho intramolecular Hbond substituents is 1. The molecule has 118 valence electrons. The van der Waals surface area contributed by atoms with Crippen molar-refractivity contribution in [2.75, 3.05) is 19.3 Å². The van der Waals surface area contributed by atoms with Crippen molar-refractivity contribution >= 4 is 17.5 Å². The minimum Gasteiger partial charge on any atom is -0.508 e. The van der Waals surface area contributed by atoms with E-state index in [1.165, 1.54) is 18.2 Å². The average molecular weight is 303 g/mol. The molecule has 3 atom stereocenters. The van der Waals surface area contributed by atoms with Gasteiger partial charge >= 0.3 is 0 Å². The second kappa shape index (κ2) is 5.51. The number of piperidine rings is 1. The first kappa shape index (κ1) is 14.7. The minimum absolute atomic E-state index is 0.0286. The highest BCUT2D eigenvalue weighted by Crippen LogP contribution is 2.38. The van der Waals surface area contributed by atoms with E-state index in [-0.39, 0.29) is 23.6 Å². The van der Waals surface area contributed by atoms with Gasteiger partial charge in [0.1, 0.15) is 5.75 Å². The Kier molecular flexibility index (Phi) is 3.68. The fraction of sp³-hybridized carbons (Fsp3) is 0.500. The van der Waals surface area contributed by atoms with E-state index in [2.05, 4.69) is 5.32 Å². The van der Waals surface area contributed by atoms with Crippen molar-refractivity contribution in [3.05, 3.63) is 23.8 Å². The number of fused-ring (bicyclic) bond motifs is 1. The smallest absolute Gasteiger partial charge is 0.256 e. The number of hydrogen-bond donors (Lipinski definition) is 3. The fourth-order valence-electron chi connectivity index (χ4n) is 3.64. The first-order valence-corrected chi connectivity index (χ1v) is 7.58. The Hall–Kier alpha value is -2.24. The molecule has 4 N–H and O–H groups in total. The Morgan fingerprint density at radius 2 is 2.09 bits per heavy atom. The number of aromatic hydroxyl groups is 1. The summed E-state index contributed by atoms with van der Waals surface area (Å²) >= 11 is 0. The van der Waals surface area contributed by atoms with Gasteiger partial charge in [0.25, 0.3) is 5.91 Å². The summed E-state index contributed by atoms with van der Waals surface area (Å²) in [4.78, 5) is 25.8. The lowest BCUT2D eigenvalue weighted by Gasteiger charge is -2.25. The Morgan fingerprint density at radius 1 is 1.36 bits per heavy atom. The zero-order valence-electron chi connectivity index (χ0n) is 12.6. The lowest BCUT2D eigenvalue weighted by Crippen LogP contribution is -2.38. The van der Waals surface area contributed by atoms with E-state index in [4.69, 9.17) is 5.73 Å².